The first-order valence-corrected chi connectivity index (χ1v) is 7.47. The lowest BCUT2D eigenvalue weighted by Gasteiger charge is -2.27. The van der Waals surface area contributed by atoms with Gasteiger partial charge < -0.3 is 9.30 Å². The first kappa shape index (κ1) is 13.9. The lowest BCUT2D eigenvalue weighted by Crippen LogP contribution is -2.22. The van der Waals surface area contributed by atoms with Crippen LogP contribution in [-0.4, -0.2) is 21.6 Å². The average molecular weight is 284 g/mol. The number of nitrogens with zero attached hydrogens (tertiary/aromatic N) is 2. The molecule has 0 spiro atoms. The van der Waals surface area contributed by atoms with Crippen molar-refractivity contribution in [2.45, 2.75) is 45.3 Å². The molecule has 4 heteroatoms. The molecule has 0 saturated carbocycles. The summed E-state index contributed by atoms with van der Waals surface area (Å²) in [5.74, 6) is -0.300. The number of aryl methyl sites for hydroxylation is 1. The Balaban J connectivity index is 1.96. The monoisotopic (exact) mass is 284 g/mol. The van der Waals surface area contributed by atoms with Crippen molar-refractivity contribution >= 4 is 5.97 Å². The van der Waals surface area contributed by atoms with Gasteiger partial charge in [0.25, 0.3) is 0 Å². The second-order valence-electron chi connectivity index (χ2n) is 5.75. The Hall–Kier alpha value is -2.10. The Morgan fingerprint density at radius 2 is 2.19 bits per heavy atom. The highest BCUT2D eigenvalue weighted by molar-refractivity contribution is 5.87. The van der Waals surface area contributed by atoms with E-state index in [-0.39, 0.29) is 18.1 Å². The van der Waals surface area contributed by atoms with E-state index in [1.165, 1.54) is 11.1 Å². The van der Waals surface area contributed by atoms with Crippen LogP contribution in [0.4, 0.5) is 0 Å². The summed E-state index contributed by atoms with van der Waals surface area (Å²) in [6.07, 6.45) is 6.46. The van der Waals surface area contributed by atoms with E-state index >= 15 is 0 Å². The number of carbonyl (C=O) groups is 1. The maximum absolute atomic E-state index is 12.2. The molecular weight excluding hydrogens is 264 g/mol. The predicted molar refractivity (Wildman–Crippen MR) is 80.3 cm³/mol. The van der Waals surface area contributed by atoms with Gasteiger partial charge in [-0.1, -0.05) is 24.3 Å². The Labute approximate surface area is 124 Å². The van der Waals surface area contributed by atoms with Gasteiger partial charge in [-0.15, -0.1) is 0 Å². The van der Waals surface area contributed by atoms with Gasteiger partial charge in [0.2, 0.25) is 0 Å². The van der Waals surface area contributed by atoms with Crippen LogP contribution in [0, 0.1) is 0 Å². The third kappa shape index (κ3) is 2.71. The summed E-state index contributed by atoms with van der Waals surface area (Å²) < 4.78 is 7.28. The molecule has 0 fully saturated rings. The molecule has 4 nitrogen and oxygen atoms in total. The molecular formula is C17H20N2O2. The molecule has 1 aliphatic carbocycles. The highest BCUT2D eigenvalue weighted by atomic mass is 16.5. The Morgan fingerprint density at radius 3 is 3.00 bits per heavy atom. The number of ether oxygens (including phenoxy) is 1. The molecule has 3 rings (SSSR count). The van der Waals surface area contributed by atoms with Gasteiger partial charge in [-0.3, -0.25) is 0 Å². The van der Waals surface area contributed by atoms with Crippen molar-refractivity contribution in [2.75, 3.05) is 0 Å². The van der Waals surface area contributed by atoms with E-state index in [0.29, 0.717) is 5.69 Å². The van der Waals surface area contributed by atoms with Gasteiger partial charge in [-0.05, 0) is 44.2 Å². The van der Waals surface area contributed by atoms with Gasteiger partial charge >= 0.3 is 5.97 Å². The third-order valence-electron chi connectivity index (χ3n) is 3.89. The van der Waals surface area contributed by atoms with Crippen molar-refractivity contribution < 1.29 is 9.53 Å². The molecule has 21 heavy (non-hydrogen) atoms. The molecule has 1 atom stereocenters. The van der Waals surface area contributed by atoms with E-state index in [9.17, 15) is 4.79 Å². The number of imidazole rings is 1. The van der Waals surface area contributed by atoms with Crippen molar-refractivity contribution in [1.82, 2.24) is 9.55 Å². The molecule has 1 aliphatic rings. The molecule has 0 radical (unpaired) electrons. The number of benzene rings is 1. The number of hydrogen-bond acceptors (Lipinski definition) is 3. The van der Waals surface area contributed by atoms with Crippen LogP contribution in [0.15, 0.2) is 36.8 Å². The summed E-state index contributed by atoms with van der Waals surface area (Å²) in [6.45, 7) is 3.71. The number of rotatable bonds is 3. The zero-order chi connectivity index (χ0) is 14.8. The normalized spacial score (nSPS) is 17.6. The van der Waals surface area contributed by atoms with Crippen LogP contribution in [0.3, 0.4) is 0 Å². The van der Waals surface area contributed by atoms with E-state index in [2.05, 4.69) is 29.2 Å². The summed E-state index contributed by atoms with van der Waals surface area (Å²) in [5, 5.41) is 0. The molecule has 0 saturated heterocycles. The fourth-order valence-electron chi connectivity index (χ4n) is 3.00. The zero-order valence-electron chi connectivity index (χ0n) is 12.5. The molecule has 0 aliphatic heterocycles. The van der Waals surface area contributed by atoms with Crippen LogP contribution >= 0.6 is 0 Å². The minimum absolute atomic E-state index is 0.125. The summed E-state index contributed by atoms with van der Waals surface area (Å²) >= 11 is 0. The third-order valence-corrected chi connectivity index (χ3v) is 3.89. The van der Waals surface area contributed by atoms with Gasteiger partial charge in [-0.25, -0.2) is 9.78 Å². The lowest BCUT2D eigenvalue weighted by atomic mass is 9.87. The average Bonchev–Trinajstić information content (AvgIpc) is 2.95. The highest BCUT2D eigenvalue weighted by Gasteiger charge is 2.25. The molecule has 0 N–H and O–H groups in total. The summed E-state index contributed by atoms with van der Waals surface area (Å²) in [5.41, 5.74) is 3.19. The molecule has 0 amide bonds. The van der Waals surface area contributed by atoms with Crippen molar-refractivity contribution in [2.24, 2.45) is 0 Å². The maximum Gasteiger partial charge on any atom is 0.356 e. The Bertz CT molecular complexity index is 646. The summed E-state index contributed by atoms with van der Waals surface area (Å²) in [4.78, 5) is 16.4. The van der Waals surface area contributed by atoms with Crippen LogP contribution in [-0.2, 0) is 11.2 Å². The molecule has 0 unspecified atom stereocenters. The first-order valence-electron chi connectivity index (χ1n) is 7.47. The number of hydrogen-bond donors (Lipinski definition) is 0. The van der Waals surface area contributed by atoms with E-state index in [1.807, 2.05) is 18.4 Å². The van der Waals surface area contributed by atoms with E-state index in [0.717, 1.165) is 19.3 Å². The standard InChI is InChI=1S/C17H20N2O2/c1-12(2)21-17(20)16-10-18-11-19(16)15-9-5-7-13-6-3-4-8-14(13)15/h3-4,6,8,10-12,15H,5,7,9H2,1-2H3/t15-/m0/s1. The molecule has 0 bridgehead atoms. The predicted octanol–water partition coefficient (Wildman–Crippen LogP) is 3.37. The smallest absolute Gasteiger partial charge is 0.356 e. The molecule has 110 valence electrons. The summed E-state index contributed by atoms with van der Waals surface area (Å²) in [6, 6.07) is 8.62. The number of aromatic nitrogens is 2. The van der Waals surface area contributed by atoms with E-state index in [1.54, 1.807) is 12.5 Å². The Morgan fingerprint density at radius 1 is 1.38 bits per heavy atom. The van der Waals surface area contributed by atoms with Gasteiger partial charge in [0.05, 0.1) is 24.7 Å². The quantitative estimate of drug-likeness (QED) is 0.812. The fraction of sp³-hybridized carbons (Fsp3) is 0.412. The van der Waals surface area contributed by atoms with Gasteiger partial charge in [-0.2, -0.15) is 0 Å². The van der Waals surface area contributed by atoms with Crippen molar-refractivity contribution in [3.63, 3.8) is 0 Å². The lowest BCUT2D eigenvalue weighted by molar-refractivity contribution is 0.0363. The number of carbonyl (C=O) groups excluding carboxylic acids is 1. The topological polar surface area (TPSA) is 44.1 Å². The van der Waals surface area contributed by atoms with Crippen LogP contribution in [0.5, 0.6) is 0 Å². The number of esters is 1. The Kier molecular flexibility index (Phi) is 3.78. The minimum atomic E-state index is -0.300. The molecule has 1 heterocycles. The van der Waals surface area contributed by atoms with Crippen LogP contribution in [0.1, 0.15) is 54.3 Å². The summed E-state index contributed by atoms with van der Waals surface area (Å²) in [7, 11) is 0. The van der Waals surface area contributed by atoms with E-state index in [4.69, 9.17) is 4.74 Å². The molecule has 1 aromatic carbocycles. The van der Waals surface area contributed by atoms with Gasteiger partial charge in [0, 0.05) is 0 Å². The van der Waals surface area contributed by atoms with Gasteiger partial charge in [0.15, 0.2) is 0 Å². The second-order valence-corrected chi connectivity index (χ2v) is 5.75. The highest BCUT2D eigenvalue weighted by Crippen LogP contribution is 2.33. The van der Waals surface area contributed by atoms with E-state index < -0.39 is 0 Å². The van der Waals surface area contributed by atoms with Crippen molar-refractivity contribution in [3.05, 3.63) is 53.6 Å². The zero-order valence-corrected chi connectivity index (χ0v) is 12.5. The first-order chi connectivity index (χ1) is 10.2. The van der Waals surface area contributed by atoms with Crippen molar-refractivity contribution in [1.29, 1.82) is 0 Å². The van der Waals surface area contributed by atoms with Crippen molar-refractivity contribution in [3.8, 4) is 0 Å². The fourth-order valence-corrected chi connectivity index (χ4v) is 3.00. The maximum atomic E-state index is 12.2. The van der Waals surface area contributed by atoms with Crippen LogP contribution in [0.2, 0.25) is 0 Å². The molecule has 2 aromatic rings. The number of fused-ring (bicyclic) bond motifs is 1. The largest absolute Gasteiger partial charge is 0.458 e. The second kappa shape index (κ2) is 5.72. The minimum Gasteiger partial charge on any atom is -0.458 e. The molecule has 1 aromatic heterocycles. The SMILES string of the molecule is CC(C)OC(=O)c1cncn1[C@H]1CCCc2ccccc21. The van der Waals surface area contributed by atoms with Crippen LogP contribution in [0.25, 0.3) is 0 Å². The van der Waals surface area contributed by atoms with Crippen LogP contribution < -0.4 is 0 Å². The van der Waals surface area contributed by atoms with Gasteiger partial charge in [0.1, 0.15) is 5.69 Å².